The average molecular weight is 248 g/mol. The van der Waals surface area contributed by atoms with E-state index in [1.54, 1.807) is 12.4 Å². The number of nitriles is 1. The van der Waals surface area contributed by atoms with Gasteiger partial charge in [0.15, 0.2) is 0 Å². The van der Waals surface area contributed by atoms with Crippen LogP contribution in [0.2, 0.25) is 0 Å². The lowest BCUT2D eigenvalue weighted by Gasteiger charge is -2.30. The van der Waals surface area contributed by atoms with Crippen molar-refractivity contribution in [2.75, 3.05) is 32.9 Å². The Kier molecular flexibility index (Phi) is 4.45. The summed E-state index contributed by atoms with van der Waals surface area (Å²) in [5.74, 6) is 0. The summed E-state index contributed by atoms with van der Waals surface area (Å²) in [5, 5.41) is 9.29. The zero-order valence-corrected chi connectivity index (χ0v) is 10.4. The predicted octanol–water partition coefficient (Wildman–Crippen LogP) is 0.772. The highest BCUT2D eigenvalue weighted by molar-refractivity contribution is 5.19. The van der Waals surface area contributed by atoms with Gasteiger partial charge in [0.25, 0.3) is 0 Å². The molecule has 6 heteroatoms. The maximum Gasteiger partial charge on any atom is 0.316 e. The van der Waals surface area contributed by atoms with Crippen LogP contribution in [0.5, 0.6) is 6.01 Å². The van der Waals surface area contributed by atoms with Gasteiger partial charge in [0.05, 0.1) is 25.9 Å². The van der Waals surface area contributed by atoms with E-state index in [2.05, 4.69) is 20.9 Å². The van der Waals surface area contributed by atoms with Gasteiger partial charge in [-0.3, -0.25) is 4.90 Å². The van der Waals surface area contributed by atoms with Crippen molar-refractivity contribution < 1.29 is 9.47 Å². The van der Waals surface area contributed by atoms with Crippen molar-refractivity contribution in [1.82, 2.24) is 14.9 Å². The van der Waals surface area contributed by atoms with Gasteiger partial charge >= 0.3 is 6.01 Å². The Balaban J connectivity index is 2.09. The Hall–Kier alpha value is -1.71. The number of morpholine rings is 1. The molecule has 1 fully saturated rings. The first kappa shape index (κ1) is 12.7. The van der Waals surface area contributed by atoms with E-state index >= 15 is 0 Å². The molecule has 2 rings (SSSR count). The fraction of sp³-hybridized carbons (Fsp3) is 0.583. The number of hydrogen-bond donors (Lipinski definition) is 0. The number of ether oxygens (including phenoxy) is 2. The van der Waals surface area contributed by atoms with Crippen LogP contribution >= 0.6 is 0 Å². The van der Waals surface area contributed by atoms with Gasteiger partial charge in [0.1, 0.15) is 6.04 Å². The van der Waals surface area contributed by atoms with Crippen LogP contribution < -0.4 is 4.74 Å². The number of aromatic nitrogens is 2. The fourth-order valence-corrected chi connectivity index (χ4v) is 1.87. The molecule has 0 N–H and O–H groups in total. The Labute approximate surface area is 106 Å². The van der Waals surface area contributed by atoms with Crippen LogP contribution in [-0.2, 0) is 4.74 Å². The SMILES string of the molecule is CCOc1ncc(C(C#N)N2CCOCC2)cn1. The van der Waals surface area contributed by atoms with E-state index in [-0.39, 0.29) is 6.04 Å². The second-order valence-corrected chi connectivity index (χ2v) is 3.91. The summed E-state index contributed by atoms with van der Waals surface area (Å²) in [6.07, 6.45) is 3.31. The Morgan fingerprint density at radius 3 is 2.67 bits per heavy atom. The molecule has 0 amide bonds. The van der Waals surface area contributed by atoms with Gasteiger partial charge in [-0.1, -0.05) is 0 Å². The van der Waals surface area contributed by atoms with E-state index in [1.165, 1.54) is 0 Å². The first-order valence-corrected chi connectivity index (χ1v) is 6.01. The zero-order chi connectivity index (χ0) is 12.8. The highest BCUT2D eigenvalue weighted by Gasteiger charge is 2.22. The van der Waals surface area contributed by atoms with Crippen LogP contribution in [0.25, 0.3) is 0 Å². The summed E-state index contributed by atoms with van der Waals surface area (Å²) in [7, 11) is 0. The number of hydrogen-bond acceptors (Lipinski definition) is 6. The van der Waals surface area contributed by atoms with Gasteiger partial charge in [-0.25, -0.2) is 9.97 Å². The lowest BCUT2D eigenvalue weighted by molar-refractivity contribution is 0.0265. The third-order valence-electron chi connectivity index (χ3n) is 2.77. The molecule has 0 aromatic carbocycles. The summed E-state index contributed by atoms with van der Waals surface area (Å²) < 4.78 is 10.5. The van der Waals surface area contributed by atoms with Crippen LogP contribution in [0, 0.1) is 11.3 Å². The molecule has 0 radical (unpaired) electrons. The molecule has 96 valence electrons. The highest BCUT2D eigenvalue weighted by atomic mass is 16.5. The molecule has 6 nitrogen and oxygen atoms in total. The van der Waals surface area contributed by atoms with E-state index in [0.717, 1.165) is 18.7 Å². The van der Waals surface area contributed by atoms with E-state index in [1.807, 2.05) is 6.92 Å². The molecule has 0 bridgehead atoms. The molecule has 1 aromatic heterocycles. The molecule has 0 aliphatic carbocycles. The minimum Gasteiger partial charge on any atom is -0.464 e. The Morgan fingerprint density at radius 1 is 1.44 bits per heavy atom. The molecule has 0 spiro atoms. The van der Waals surface area contributed by atoms with E-state index in [9.17, 15) is 5.26 Å². The van der Waals surface area contributed by atoms with E-state index in [4.69, 9.17) is 9.47 Å². The lowest BCUT2D eigenvalue weighted by Crippen LogP contribution is -2.38. The quantitative estimate of drug-likeness (QED) is 0.783. The molecule has 1 aliphatic heterocycles. The monoisotopic (exact) mass is 248 g/mol. The minimum atomic E-state index is -0.315. The van der Waals surface area contributed by atoms with E-state index < -0.39 is 0 Å². The van der Waals surface area contributed by atoms with Gasteiger partial charge in [-0.2, -0.15) is 5.26 Å². The summed E-state index contributed by atoms with van der Waals surface area (Å²) in [5.41, 5.74) is 0.794. The van der Waals surface area contributed by atoms with Crippen LogP contribution in [-0.4, -0.2) is 47.8 Å². The fourth-order valence-electron chi connectivity index (χ4n) is 1.87. The molecule has 1 atom stereocenters. The summed E-state index contributed by atoms with van der Waals surface area (Å²) in [4.78, 5) is 10.3. The van der Waals surface area contributed by atoms with Crippen molar-refractivity contribution in [1.29, 1.82) is 5.26 Å². The smallest absolute Gasteiger partial charge is 0.316 e. The highest BCUT2D eigenvalue weighted by Crippen LogP contribution is 2.20. The zero-order valence-electron chi connectivity index (χ0n) is 10.4. The van der Waals surface area contributed by atoms with Crippen molar-refractivity contribution in [3.8, 4) is 12.1 Å². The van der Waals surface area contributed by atoms with E-state index in [0.29, 0.717) is 25.8 Å². The van der Waals surface area contributed by atoms with Crippen molar-refractivity contribution in [3.63, 3.8) is 0 Å². The molecular weight excluding hydrogens is 232 g/mol. The van der Waals surface area contributed by atoms with Gasteiger partial charge in [0.2, 0.25) is 0 Å². The standard InChI is InChI=1S/C12H16N4O2/c1-2-18-12-14-8-10(9-15-12)11(7-13)16-3-5-17-6-4-16/h8-9,11H,2-6H2,1H3. The Morgan fingerprint density at radius 2 is 2.11 bits per heavy atom. The molecule has 1 aliphatic rings. The van der Waals surface area contributed by atoms with Crippen LogP contribution in [0.4, 0.5) is 0 Å². The molecular formula is C12H16N4O2. The van der Waals surface area contributed by atoms with Gasteiger partial charge < -0.3 is 9.47 Å². The number of nitrogens with zero attached hydrogens (tertiary/aromatic N) is 4. The van der Waals surface area contributed by atoms with Crippen molar-refractivity contribution in [2.24, 2.45) is 0 Å². The van der Waals surface area contributed by atoms with Crippen LogP contribution in [0.15, 0.2) is 12.4 Å². The van der Waals surface area contributed by atoms with Crippen molar-refractivity contribution in [2.45, 2.75) is 13.0 Å². The normalized spacial score (nSPS) is 18.0. The second kappa shape index (κ2) is 6.28. The van der Waals surface area contributed by atoms with Crippen molar-refractivity contribution in [3.05, 3.63) is 18.0 Å². The van der Waals surface area contributed by atoms with Crippen molar-refractivity contribution >= 4 is 0 Å². The van der Waals surface area contributed by atoms with Gasteiger partial charge in [-0.05, 0) is 6.92 Å². The molecule has 1 aromatic rings. The van der Waals surface area contributed by atoms with Crippen LogP contribution in [0.3, 0.4) is 0 Å². The molecule has 0 saturated carbocycles. The summed E-state index contributed by atoms with van der Waals surface area (Å²) in [6, 6.07) is 2.32. The maximum atomic E-state index is 9.29. The maximum absolute atomic E-state index is 9.29. The first-order chi connectivity index (χ1) is 8.85. The topological polar surface area (TPSA) is 71.3 Å². The third-order valence-corrected chi connectivity index (χ3v) is 2.77. The molecule has 1 unspecified atom stereocenters. The summed E-state index contributed by atoms with van der Waals surface area (Å²) in [6.45, 7) is 5.25. The predicted molar refractivity (Wildman–Crippen MR) is 63.9 cm³/mol. The first-order valence-electron chi connectivity index (χ1n) is 6.01. The second-order valence-electron chi connectivity index (χ2n) is 3.91. The number of rotatable bonds is 4. The molecule has 18 heavy (non-hydrogen) atoms. The molecule has 2 heterocycles. The minimum absolute atomic E-state index is 0.315. The summed E-state index contributed by atoms with van der Waals surface area (Å²) >= 11 is 0. The molecule has 1 saturated heterocycles. The largest absolute Gasteiger partial charge is 0.464 e. The third kappa shape index (κ3) is 2.94. The van der Waals surface area contributed by atoms with Gasteiger partial charge in [0, 0.05) is 31.0 Å². The van der Waals surface area contributed by atoms with Gasteiger partial charge in [-0.15, -0.1) is 0 Å². The lowest BCUT2D eigenvalue weighted by atomic mass is 10.1. The average Bonchev–Trinajstić information content (AvgIpc) is 2.43. The van der Waals surface area contributed by atoms with Crippen LogP contribution in [0.1, 0.15) is 18.5 Å². The Bertz CT molecular complexity index is 409.